The lowest BCUT2D eigenvalue weighted by Crippen LogP contribution is -2.08. The van der Waals surface area contributed by atoms with Crippen molar-refractivity contribution < 1.29 is 14.3 Å². The molecule has 0 saturated heterocycles. The summed E-state index contributed by atoms with van der Waals surface area (Å²) in [6.07, 6.45) is 2.91. The van der Waals surface area contributed by atoms with Crippen molar-refractivity contribution in [3.05, 3.63) is 30.1 Å². The fourth-order valence-corrected chi connectivity index (χ4v) is 0.677. The summed E-state index contributed by atoms with van der Waals surface area (Å²) in [5, 5.41) is 0. The zero-order valence-electron chi connectivity index (χ0n) is 6.48. The van der Waals surface area contributed by atoms with Crippen LogP contribution in [-0.4, -0.2) is 16.9 Å². The topological polar surface area (TPSA) is 56.3 Å². The maximum absolute atomic E-state index is 11.0. The Bertz CT molecular complexity index is 294. The van der Waals surface area contributed by atoms with Crippen molar-refractivity contribution in [2.75, 3.05) is 0 Å². The highest BCUT2D eigenvalue weighted by Crippen LogP contribution is 1.98. The van der Waals surface area contributed by atoms with Gasteiger partial charge < -0.3 is 4.74 Å². The van der Waals surface area contributed by atoms with Gasteiger partial charge in [-0.3, -0.25) is 9.78 Å². The van der Waals surface area contributed by atoms with Crippen molar-refractivity contribution in [2.24, 2.45) is 0 Å². The summed E-state index contributed by atoms with van der Waals surface area (Å²) in [5.74, 6) is -1.26. The van der Waals surface area contributed by atoms with Gasteiger partial charge in [-0.1, -0.05) is 0 Å². The lowest BCUT2D eigenvalue weighted by atomic mass is 10.3. The van der Waals surface area contributed by atoms with E-state index in [2.05, 4.69) is 9.72 Å². The Balaban J connectivity index is 2.73. The number of aromatic nitrogens is 1. The molecule has 12 heavy (non-hydrogen) atoms. The molecule has 1 aromatic rings. The summed E-state index contributed by atoms with van der Waals surface area (Å²) in [4.78, 5) is 25.1. The van der Waals surface area contributed by atoms with Crippen LogP contribution in [0.4, 0.5) is 0 Å². The highest BCUT2D eigenvalue weighted by atomic mass is 16.6. The lowest BCUT2D eigenvalue weighted by Gasteiger charge is -1.97. The first kappa shape index (κ1) is 8.39. The van der Waals surface area contributed by atoms with E-state index in [1.807, 2.05) is 0 Å². The molecule has 0 radical (unpaired) electrons. The third kappa shape index (κ3) is 2.16. The van der Waals surface area contributed by atoms with Crippen LogP contribution in [0.3, 0.4) is 0 Å². The van der Waals surface area contributed by atoms with Gasteiger partial charge in [0.2, 0.25) is 0 Å². The van der Waals surface area contributed by atoms with E-state index in [1.54, 1.807) is 0 Å². The molecule has 0 aliphatic heterocycles. The summed E-state index contributed by atoms with van der Waals surface area (Å²) in [6, 6.07) is 2.95. The van der Waals surface area contributed by atoms with Crippen LogP contribution < -0.4 is 0 Å². The Morgan fingerprint density at radius 3 is 2.42 bits per heavy atom. The summed E-state index contributed by atoms with van der Waals surface area (Å²) >= 11 is 0. The van der Waals surface area contributed by atoms with Gasteiger partial charge in [-0.05, 0) is 12.1 Å². The van der Waals surface area contributed by atoms with Gasteiger partial charge in [-0.15, -0.1) is 0 Å². The molecule has 1 rings (SSSR count). The Morgan fingerprint density at radius 1 is 1.33 bits per heavy atom. The van der Waals surface area contributed by atoms with Crippen molar-refractivity contribution in [3.63, 3.8) is 0 Å². The first-order chi connectivity index (χ1) is 5.70. The highest BCUT2D eigenvalue weighted by Gasteiger charge is 2.07. The van der Waals surface area contributed by atoms with E-state index < -0.39 is 11.9 Å². The highest BCUT2D eigenvalue weighted by molar-refractivity contribution is 5.96. The Morgan fingerprint density at radius 2 is 1.92 bits per heavy atom. The van der Waals surface area contributed by atoms with E-state index in [-0.39, 0.29) is 0 Å². The van der Waals surface area contributed by atoms with Crippen LogP contribution in [0, 0.1) is 0 Å². The molecule has 0 bridgehead atoms. The van der Waals surface area contributed by atoms with Crippen LogP contribution >= 0.6 is 0 Å². The Kier molecular flexibility index (Phi) is 2.53. The molecule has 0 saturated carbocycles. The zero-order valence-corrected chi connectivity index (χ0v) is 6.48. The summed E-state index contributed by atoms with van der Waals surface area (Å²) in [6.45, 7) is 1.18. The molecule has 0 spiro atoms. The molecule has 0 N–H and O–H groups in total. The number of nitrogens with zero attached hydrogens (tertiary/aromatic N) is 1. The van der Waals surface area contributed by atoms with E-state index in [9.17, 15) is 9.59 Å². The van der Waals surface area contributed by atoms with Crippen LogP contribution in [0.5, 0.6) is 0 Å². The molecule has 0 unspecified atom stereocenters. The molecule has 4 nitrogen and oxygen atoms in total. The fraction of sp³-hybridized carbons (Fsp3) is 0.125. The number of carbonyl (C=O) groups is 2. The van der Waals surface area contributed by atoms with Crippen LogP contribution in [0.2, 0.25) is 0 Å². The number of rotatable bonds is 1. The van der Waals surface area contributed by atoms with E-state index >= 15 is 0 Å². The van der Waals surface area contributed by atoms with Gasteiger partial charge in [-0.2, -0.15) is 0 Å². The Labute approximate surface area is 69.2 Å². The summed E-state index contributed by atoms with van der Waals surface area (Å²) in [7, 11) is 0. The molecular weight excluding hydrogens is 158 g/mol. The average molecular weight is 165 g/mol. The van der Waals surface area contributed by atoms with E-state index in [1.165, 1.54) is 31.5 Å². The second-order valence-corrected chi connectivity index (χ2v) is 2.12. The molecule has 0 aromatic carbocycles. The SMILES string of the molecule is CC(=O)OC(=O)c1ccncc1. The molecule has 0 amide bonds. The van der Waals surface area contributed by atoms with Gasteiger partial charge in [-0.25, -0.2) is 4.79 Å². The Hall–Kier alpha value is -1.71. The van der Waals surface area contributed by atoms with Crippen molar-refractivity contribution >= 4 is 11.9 Å². The molecule has 1 heterocycles. The van der Waals surface area contributed by atoms with E-state index in [0.717, 1.165) is 0 Å². The van der Waals surface area contributed by atoms with Gasteiger partial charge in [0.05, 0.1) is 5.56 Å². The van der Waals surface area contributed by atoms with Gasteiger partial charge in [0.25, 0.3) is 0 Å². The van der Waals surface area contributed by atoms with Gasteiger partial charge in [0.15, 0.2) is 0 Å². The summed E-state index contributed by atoms with van der Waals surface area (Å²) < 4.78 is 4.33. The number of ether oxygens (including phenoxy) is 1. The van der Waals surface area contributed by atoms with Gasteiger partial charge >= 0.3 is 11.9 Å². The molecular formula is C8H7NO3. The lowest BCUT2D eigenvalue weighted by molar-refractivity contribution is -0.135. The van der Waals surface area contributed by atoms with Gasteiger partial charge in [0, 0.05) is 19.3 Å². The van der Waals surface area contributed by atoms with Crippen LogP contribution in [0.25, 0.3) is 0 Å². The first-order valence-corrected chi connectivity index (χ1v) is 3.33. The predicted octanol–water partition coefficient (Wildman–Crippen LogP) is 0.785. The number of hydrogen-bond donors (Lipinski definition) is 0. The van der Waals surface area contributed by atoms with Gasteiger partial charge in [0.1, 0.15) is 0 Å². The second kappa shape index (κ2) is 3.61. The van der Waals surface area contributed by atoms with Crippen molar-refractivity contribution in [3.8, 4) is 0 Å². The molecule has 4 heteroatoms. The zero-order chi connectivity index (χ0) is 8.97. The van der Waals surface area contributed by atoms with Crippen LogP contribution in [0.1, 0.15) is 17.3 Å². The van der Waals surface area contributed by atoms with E-state index in [0.29, 0.717) is 5.56 Å². The molecule has 1 aromatic heterocycles. The standard InChI is InChI=1S/C8H7NO3/c1-6(10)12-8(11)7-2-4-9-5-3-7/h2-5H,1H3. The maximum Gasteiger partial charge on any atom is 0.345 e. The third-order valence-corrected chi connectivity index (χ3v) is 1.15. The number of carbonyl (C=O) groups excluding carboxylic acids is 2. The van der Waals surface area contributed by atoms with Crippen LogP contribution in [-0.2, 0) is 9.53 Å². The minimum absolute atomic E-state index is 0.320. The van der Waals surface area contributed by atoms with E-state index in [4.69, 9.17) is 0 Å². The molecule has 62 valence electrons. The third-order valence-electron chi connectivity index (χ3n) is 1.15. The van der Waals surface area contributed by atoms with Crippen molar-refractivity contribution in [1.29, 1.82) is 0 Å². The van der Waals surface area contributed by atoms with Crippen LogP contribution in [0.15, 0.2) is 24.5 Å². The summed E-state index contributed by atoms with van der Waals surface area (Å²) in [5.41, 5.74) is 0.320. The minimum atomic E-state index is -0.648. The fourth-order valence-electron chi connectivity index (χ4n) is 0.677. The number of esters is 2. The van der Waals surface area contributed by atoms with Crippen molar-refractivity contribution in [1.82, 2.24) is 4.98 Å². The molecule has 0 aliphatic rings. The molecule has 0 atom stereocenters. The number of hydrogen-bond acceptors (Lipinski definition) is 4. The van der Waals surface area contributed by atoms with Crippen molar-refractivity contribution in [2.45, 2.75) is 6.92 Å². The monoisotopic (exact) mass is 165 g/mol. The predicted molar refractivity (Wildman–Crippen MR) is 40.3 cm³/mol. The largest absolute Gasteiger partial charge is 0.390 e. The molecule has 0 aliphatic carbocycles. The quantitative estimate of drug-likeness (QED) is 0.456. The smallest absolute Gasteiger partial charge is 0.345 e. The maximum atomic E-state index is 11.0. The average Bonchev–Trinajstić information content (AvgIpc) is 2.05. The minimum Gasteiger partial charge on any atom is -0.390 e. The normalized spacial score (nSPS) is 9.08. The second-order valence-electron chi connectivity index (χ2n) is 2.12. The number of pyridine rings is 1. The molecule has 0 fully saturated rings. The first-order valence-electron chi connectivity index (χ1n) is 3.33.